The molecule has 1 aliphatic heterocycles. The summed E-state index contributed by atoms with van der Waals surface area (Å²) in [4.78, 5) is 14.2. The largest absolute Gasteiger partial charge is 0.384 e. The Hall–Kier alpha value is -3.20. The number of anilines is 2. The Kier molecular flexibility index (Phi) is 6.72. The summed E-state index contributed by atoms with van der Waals surface area (Å²) in [7, 11) is -3.93. The molecule has 1 unspecified atom stereocenters. The lowest BCUT2D eigenvalue weighted by Crippen LogP contribution is -2.50. The number of aryl methyl sites for hydroxylation is 2. The maximum absolute atomic E-state index is 14.0. The third-order valence-electron chi connectivity index (χ3n) is 8.16. The molecule has 0 aromatic heterocycles. The first kappa shape index (κ1) is 25.1. The van der Waals surface area contributed by atoms with E-state index in [4.69, 9.17) is 5.73 Å². The molecular weight excluding hydrogens is 496 g/mol. The van der Waals surface area contributed by atoms with Gasteiger partial charge in [-0.1, -0.05) is 30.3 Å². The van der Waals surface area contributed by atoms with Crippen LogP contribution in [0.25, 0.3) is 0 Å². The topological polar surface area (TPSA) is 105 Å². The quantitative estimate of drug-likeness (QED) is 0.431. The summed E-state index contributed by atoms with van der Waals surface area (Å²) in [6.07, 6.45) is 6.52. The minimum atomic E-state index is -3.93. The van der Waals surface area contributed by atoms with E-state index in [-0.39, 0.29) is 17.3 Å². The standard InChI is InChI=1S/C30H34N4O3S/c31-15-16-32-24-11-13-25(14-12-24)38(36,37)34-19-23-6-2-1-5-20(23)18-28(34)30(35)33-29-26-9-3-7-21(26)17-22-8-4-10-27(22)29/h1-2,5-6,11-14,17,28,32H,3-4,7-10,15-16,18-19,31H2,(H,33,35). The number of fused-ring (bicyclic) bond motifs is 3. The number of amides is 1. The fourth-order valence-corrected chi connectivity index (χ4v) is 7.81. The first-order chi connectivity index (χ1) is 18.5. The maximum atomic E-state index is 14.0. The molecule has 3 aromatic rings. The fraction of sp³-hybridized carbons (Fsp3) is 0.367. The van der Waals surface area contributed by atoms with Crippen LogP contribution in [0.5, 0.6) is 0 Å². The number of hydrogen-bond acceptors (Lipinski definition) is 5. The van der Waals surface area contributed by atoms with Gasteiger partial charge in [-0.15, -0.1) is 0 Å². The Balaban J connectivity index is 1.35. The molecule has 7 nitrogen and oxygen atoms in total. The van der Waals surface area contributed by atoms with Gasteiger partial charge in [0.25, 0.3) is 0 Å². The van der Waals surface area contributed by atoms with Crippen molar-refractivity contribution in [3.63, 3.8) is 0 Å². The number of carbonyl (C=O) groups is 1. The van der Waals surface area contributed by atoms with Crippen LogP contribution in [0.2, 0.25) is 0 Å². The average molecular weight is 531 g/mol. The molecule has 0 radical (unpaired) electrons. The van der Waals surface area contributed by atoms with Gasteiger partial charge in [0.2, 0.25) is 15.9 Å². The molecule has 4 N–H and O–H groups in total. The third-order valence-corrected chi connectivity index (χ3v) is 10.0. The van der Waals surface area contributed by atoms with Crippen molar-refractivity contribution < 1.29 is 13.2 Å². The molecule has 1 amide bonds. The lowest BCUT2D eigenvalue weighted by Gasteiger charge is -2.35. The molecule has 1 heterocycles. The van der Waals surface area contributed by atoms with Crippen LogP contribution in [0.4, 0.5) is 11.4 Å². The molecule has 0 bridgehead atoms. The molecule has 2 aliphatic carbocycles. The van der Waals surface area contributed by atoms with Crippen LogP contribution >= 0.6 is 0 Å². The number of carbonyl (C=O) groups excluding carboxylic acids is 1. The number of nitrogens with two attached hydrogens (primary N) is 1. The molecular formula is C30H34N4O3S. The second-order valence-electron chi connectivity index (χ2n) is 10.5. The van der Waals surface area contributed by atoms with Gasteiger partial charge in [-0.25, -0.2) is 8.42 Å². The third kappa shape index (κ3) is 4.51. The van der Waals surface area contributed by atoms with Gasteiger partial charge in [0.1, 0.15) is 6.04 Å². The van der Waals surface area contributed by atoms with Gasteiger partial charge >= 0.3 is 0 Å². The van der Waals surface area contributed by atoms with E-state index in [1.807, 2.05) is 24.3 Å². The minimum absolute atomic E-state index is 0.161. The summed E-state index contributed by atoms with van der Waals surface area (Å²) in [5.74, 6) is -0.251. The molecule has 1 atom stereocenters. The van der Waals surface area contributed by atoms with Crippen molar-refractivity contribution in [2.45, 2.75) is 62.4 Å². The first-order valence-electron chi connectivity index (χ1n) is 13.6. The zero-order valence-corrected chi connectivity index (χ0v) is 22.3. The highest BCUT2D eigenvalue weighted by atomic mass is 32.2. The highest BCUT2D eigenvalue weighted by Gasteiger charge is 2.40. The number of rotatable bonds is 7. The molecule has 0 saturated carbocycles. The van der Waals surface area contributed by atoms with Crippen molar-refractivity contribution in [3.8, 4) is 0 Å². The van der Waals surface area contributed by atoms with Crippen molar-refractivity contribution >= 4 is 27.3 Å². The van der Waals surface area contributed by atoms with Gasteiger partial charge in [0.15, 0.2) is 0 Å². The second-order valence-corrected chi connectivity index (χ2v) is 12.4. The molecule has 0 saturated heterocycles. The van der Waals surface area contributed by atoms with Crippen LogP contribution in [0.1, 0.15) is 46.2 Å². The van der Waals surface area contributed by atoms with Crippen molar-refractivity contribution in [2.75, 3.05) is 23.7 Å². The van der Waals surface area contributed by atoms with E-state index >= 15 is 0 Å². The first-order valence-corrected chi connectivity index (χ1v) is 15.0. The number of nitrogens with one attached hydrogen (secondary N) is 2. The molecule has 38 heavy (non-hydrogen) atoms. The summed E-state index contributed by atoms with van der Waals surface area (Å²) in [6.45, 7) is 1.25. The van der Waals surface area contributed by atoms with E-state index < -0.39 is 16.1 Å². The van der Waals surface area contributed by atoms with Crippen molar-refractivity contribution in [1.82, 2.24) is 4.31 Å². The Labute approximate surface area is 224 Å². The lowest BCUT2D eigenvalue weighted by atomic mass is 9.94. The maximum Gasteiger partial charge on any atom is 0.244 e. The van der Waals surface area contributed by atoms with E-state index in [0.717, 1.165) is 61.0 Å². The Morgan fingerprint density at radius 2 is 1.55 bits per heavy atom. The highest BCUT2D eigenvalue weighted by molar-refractivity contribution is 7.89. The normalized spacial score (nSPS) is 18.5. The van der Waals surface area contributed by atoms with Gasteiger partial charge in [-0.2, -0.15) is 4.31 Å². The van der Waals surface area contributed by atoms with Crippen LogP contribution < -0.4 is 16.4 Å². The number of benzene rings is 3. The zero-order valence-electron chi connectivity index (χ0n) is 21.5. The molecule has 3 aromatic carbocycles. The van der Waals surface area contributed by atoms with Crippen LogP contribution in [-0.2, 0) is 53.5 Å². The van der Waals surface area contributed by atoms with Gasteiger partial charge < -0.3 is 16.4 Å². The molecule has 8 heteroatoms. The Morgan fingerprint density at radius 1 is 0.895 bits per heavy atom. The van der Waals surface area contributed by atoms with Gasteiger partial charge in [-0.3, -0.25) is 4.79 Å². The number of nitrogens with zero attached hydrogens (tertiary/aromatic N) is 1. The SMILES string of the molecule is NCCNc1ccc(S(=O)(=O)N2Cc3ccccc3CC2C(=O)Nc2c3c(cc4c2CCC4)CCC3)cc1. The molecule has 0 fully saturated rings. The molecule has 3 aliphatic rings. The zero-order chi connectivity index (χ0) is 26.3. The van der Waals surface area contributed by atoms with Gasteiger partial charge in [-0.05, 0) is 103 Å². The smallest absolute Gasteiger partial charge is 0.244 e. The van der Waals surface area contributed by atoms with Gasteiger partial charge in [0.05, 0.1) is 4.90 Å². The predicted octanol–water partition coefficient (Wildman–Crippen LogP) is 3.79. The van der Waals surface area contributed by atoms with E-state index in [0.29, 0.717) is 19.5 Å². The van der Waals surface area contributed by atoms with Crippen molar-refractivity contribution in [2.24, 2.45) is 5.73 Å². The summed E-state index contributed by atoms with van der Waals surface area (Å²) in [5, 5.41) is 6.43. The van der Waals surface area contributed by atoms with Crippen LogP contribution in [0.3, 0.4) is 0 Å². The number of hydrogen-bond donors (Lipinski definition) is 3. The monoisotopic (exact) mass is 530 g/mol. The molecule has 198 valence electrons. The van der Waals surface area contributed by atoms with E-state index in [1.54, 1.807) is 24.3 Å². The Bertz CT molecular complexity index is 1450. The second kappa shape index (κ2) is 10.2. The minimum Gasteiger partial charge on any atom is -0.384 e. The van der Waals surface area contributed by atoms with Gasteiger partial charge in [0, 0.05) is 31.0 Å². The van der Waals surface area contributed by atoms with Crippen molar-refractivity contribution in [3.05, 3.63) is 88.0 Å². The summed E-state index contributed by atoms with van der Waals surface area (Å²) in [6, 6.07) is 16.0. The van der Waals surface area contributed by atoms with Crippen molar-refractivity contribution in [1.29, 1.82) is 0 Å². The average Bonchev–Trinajstić information content (AvgIpc) is 3.61. The highest BCUT2D eigenvalue weighted by Crippen LogP contribution is 2.39. The summed E-state index contributed by atoms with van der Waals surface area (Å²) < 4.78 is 29.3. The molecule has 6 rings (SSSR count). The van der Waals surface area contributed by atoms with Crippen LogP contribution in [0.15, 0.2) is 59.5 Å². The van der Waals surface area contributed by atoms with E-state index in [1.165, 1.54) is 26.6 Å². The lowest BCUT2D eigenvalue weighted by molar-refractivity contribution is -0.120. The van der Waals surface area contributed by atoms with Crippen LogP contribution in [0, 0.1) is 0 Å². The molecule has 0 spiro atoms. The Morgan fingerprint density at radius 3 is 2.21 bits per heavy atom. The predicted molar refractivity (Wildman–Crippen MR) is 150 cm³/mol. The van der Waals surface area contributed by atoms with Crippen LogP contribution in [-0.4, -0.2) is 37.8 Å². The van der Waals surface area contributed by atoms with E-state index in [9.17, 15) is 13.2 Å². The van der Waals surface area contributed by atoms with E-state index in [2.05, 4.69) is 16.7 Å². The summed E-state index contributed by atoms with van der Waals surface area (Å²) in [5.41, 5.74) is 14.4. The summed E-state index contributed by atoms with van der Waals surface area (Å²) >= 11 is 0. The number of sulfonamides is 1. The fourth-order valence-electron chi connectivity index (χ4n) is 6.25.